The number of amides is 1. The molecule has 0 aliphatic rings. The number of benzene rings is 1. The quantitative estimate of drug-likeness (QED) is 0.792. The largest absolute Gasteiger partial charge is 0.467 e. The van der Waals surface area contributed by atoms with Crippen molar-refractivity contribution < 1.29 is 9.53 Å². The zero-order valence-electron chi connectivity index (χ0n) is 12.9. The number of rotatable bonds is 4. The van der Waals surface area contributed by atoms with Crippen molar-refractivity contribution in [3.8, 4) is 6.01 Å². The van der Waals surface area contributed by atoms with E-state index in [1.54, 1.807) is 4.90 Å². The first-order valence-corrected chi connectivity index (χ1v) is 7.65. The van der Waals surface area contributed by atoms with E-state index >= 15 is 0 Å². The van der Waals surface area contributed by atoms with Crippen LogP contribution in [0.1, 0.15) is 9.80 Å². The highest BCUT2D eigenvalue weighted by atomic mass is 32.1. The Bertz CT molecular complexity index is 829. The fourth-order valence-corrected chi connectivity index (χ4v) is 2.89. The van der Waals surface area contributed by atoms with E-state index in [1.807, 2.05) is 38.4 Å². The third-order valence-electron chi connectivity index (χ3n) is 3.09. The average Bonchev–Trinajstić information content (AvgIpc) is 2.99. The first-order valence-electron chi connectivity index (χ1n) is 6.84. The molecular formula is C15H15N5O2S. The third-order valence-corrected chi connectivity index (χ3v) is 4.12. The molecule has 1 aromatic carbocycles. The van der Waals surface area contributed by atoms with Gasteiger partial charge in [0.05, 0.1) is 23.5 Å². The summed E-state index contributed by atoms with van der Waals surface area (Å²) >= 11 is 1.34. The lowest BCUT2D eigenvalue weighted by Crippen LogP contribution is -2.18. The van der Waals surface area contributed by atoms with Crippen LogP contribution in [0.3, 0.4) is 0 Å². The molecule has 0 aliphatic heterocycles. The van der Waals surface area contributed by atoms with Crippen LogP contribution in [0.25, 0.3) is 10.2 Å². The maximum Gasteiger partial charge on any atom is 0.318 e. The normalized spacial score (nSPS) is 10.6. The minimum atomic E-state index is -0.289. The SMILES string of the molecule is COc1ncc(NC(=O)c2nc3ccccc3s2)c(N(C)C)n1. The van der Waals surface area contributed by atoms with Gasteiger partial charge in [-0.05, 0) is 12.1 Å². The molecule has 2 aromatic heterocycles. The van der Waals surface area contributed by atoms with Crippen molar-refractivity contribution in [2.45, 2.75) is 0 Å². The monoisotopic (exact) mass is 329 g/mol. The summed E-state index contributed by atoms with van der Waals surface area (Å²) in [4.78, 5) is 26.8. The standard InChI is InChI=1S/C15H15N5O2S/c1-20(2)12-10(8-16-15(19-12)22-3)17-13(21)14-18-9-6-4-5-7-11(9)23-14/h4-8H,1-3H3,(H,17,21). The van der Waals surface area contributed by atoms with Crippen molar-refractivity contribution >= 4 is 39.0 Å². The Kier molecular flexibility index (Phi) is 4.07. The zero-order chi connectivity index (χ0) is 16.4. The van der Waals surface area contributed by atoms with Gasteiger partial charge in [-0.3, -0.25) is 4.79 Å². The summed E-state index contributed by atoms with van der Waals surface area (Å²) in [6, 6.07) is 7.87. The molecule has 3 aromatic rings. The van der Waals surface area contributed by atoms with Gasteiger partial charge < -0.3 is 15.0 Å². The number of carbonyl (C=O) groups excluding carboxylic acids is 1. The van der Waals surface area contributed by atoms with Crippen LogP contribution in [0.5, 0.6) is 6.01 Å². The van der Waals surface area contributed by atoms with Gasteiger partial charge in [-0.2, -0.15) is 4.98 Å². The van der Waals surface area contributed by atoms with Crippen LogP contribution in [0.2, 0.25) is 0 Å². The second-order valence-corrected chi connectivity index (χ2v) is 5.96. The van der Waals surface area contributed by atoms with E-state index < -0.39 is 0 Å². The average molecular weight is 329 g/mol. The lowest BCUT2D eigenvalue weighted by Gasteiger charge is -2.16. The molecule has 7 nitrogen and oxygen atoms in total. The highest BCUT2D eigenvalue weighted by Crippen LogP contribution is 2.26. The van der Waals surface area contributed by atoms with Crippen molar-refractivity contribution in [2.24, 2.45) is 0 Å². The van der Waals surface area contributed by atoms with Gasteiger partial charge in [0.15, 0.2) is 10.8 Å². The Morgan fingerprint density at radius 1 is 1.26 bits per heavy atom. The molecule has 8 heteroatoms. The van der Waals surface area contributed by atoms with Crippen molar-refractivity contribution in [1.82, 2.24) is 15.0 Å². The Hall–Kier alpha value is -2.74. The molecule has 0 saturated heterocycles. The smallest absolute Gasteiger partial charge is 0.318 e. The van der Waals surface area contributed by atoms with Gasteiger partial charge in [0.2, 0.25) is 0 Å². The van der Waals surface area contributed by atoms with Gasteiger partial charge in [-0.25, -0.2) is 9.97 Å². The van der Waals surface area contributed by atoms with Crippen LogP contribution in [0, 0.1) is 0 Å². The van der Waals surface area contributed by atoms with Gasteiger partial charge in [0, 0.05) is 14.1 Å². The molecule has 2 heterocycles. The van der Waals surface area contributed by atoms with Crippen LogP contribution in [-0.2, 0) is 0 Å². The highest BCUT2D eigenvalue weighted by Gasteiger charge is 2.16. The predicted molar refractivity (Wildman–Crippen MR) is 90.5 cm³/mol. The first kappa shape index (κ1) is 15.2. The lowest BCUT2D eigenvalue weighted by molar-refractivity contribution is 0.102. The number of nitrogens with one attached hydrogen (secondary N) is 1. The summed E-state index contributed by atoms with van der Waals surface area (Å²) in [5, 5.41) is 3.20. The molecular weight excluding hydrogens is 314 g/mol. The molecule has 0 radical (unpaired) electrons. The van der Waals surface area contributed by atoms with Crippen molar-refractivity contribution in [3.05, 3.63) is 35.5 Å². The Morgan fingerprint density at radius 2 is 2.04 bits per heavy atom. The summed E-state index contributed by atoms with van der Waals surface area (Å²) in [5.41, 5.74) is 1.31. The second-order valence-electron chi connectivity index (χ2n) is 4.93. The zero-order valence-corrected chi connectivity index (χ0v) is 13.7. The number of thiazole rings is 1. The lowest BCUT2D eigenvalue weighted by atomic mass is 10.3. The molecule has 0 bridgehead atoms. The summed E-state index contributed by atoms with van der Waals surface area (Å²) in [7, 11) is 5.15. The number of hydrogen-bond acceptors (Lipinski definition) is 7. The number of anilines is 2. The fraction of sp³-hybridized carbons (Fsp3) is 0.200. The molecule has 1 amide bonds. The van der Waals surface area contributed by atoms with Crippen LogP contribution in [-0.4, -0.2) is 42.1 Å². The number of hydrogen-bond donors (Lipinski definition) is 1. The van der Waals surface area contributed by atoms with E-state index in [4.69, 9.17) is 4.74 Å². The number of methoxy groups -OCH3 is 1. The van der Waals surface area contributed by atoms with E-state index in [1.165, 1.54) is 24.6 Å². The van der Waals surface area contributed by atoms with Crippen LogP contribution < -0.4 is 15.0 Å². The van der Waals surface area contributed by atoms with Gasteiger partial charge in [0.25, 0.3) is 5.91 Å². The Morgan fingerprint density at radius 3 is 2.74 bits per heavy atom. The molecule has 0 saturated carbocycles. The summed E-state index contributed by atoms with van der Waals surface area (Å²) in [6.45, 7) is 0. The van der Waals surface area contributed by atoms with E-state index in [-0.39, 0.29) is 11.9 Å². The number of ether oxygens (including phenoxy) is 1. The predicted octanol–water partition coefficient (Wildman–Crippen LogP) is 2.41. The maximum atomic E-state index is 12.4. The van der Waals surface area contributed by atoms with E-state index in [2.05, 4.69) is 20.3 Å². The number of fused-ring (bicyclic) bond motifs is 1. The Balaban J connectivity index is 1.90. The molecule has 1 N–H and O–H groups in total. The number of carbonyl (C=O) groups is 1. The molecule has 0 atom stereocenters. The molecule has 118 valence electrons. The topological polar surface area (TPSA) is 80.2 Å². The van der Waals surface area contributed by atoms with Crippen LogP contribution >= 0.6 is 11.3 Å². The molecule has 0 spiro atoms. The number of nitrogens with zero attached hydrogens (tertiary/aromatic N) is 4. The van der Waals surface area contributed by atoms with Crippen molar-refractivity contribution in [1.29, 1.82) is 0 Å². The highest BCUT2D eigenvalue weighted by molar-refractivity contribution is 7.20. The number of para-hydroxylation sites is 1. The van der Waals surface area contributed by atoms with Crippen LogP contribution in [0.4, 0.5) is 11.5 Å². The Labute approximate surface area is 137 Å². The van der Waals surface area contributed by atoms with E-state index in [0.717, 1.165) is 10.2 Å². The summed E-state index contributed by atoms with van der Waals surface area (Å²) in [6.07, 6.45) is 1.52. The fourth-order valence-electron chi connectivity index (χ4n) is 2.03. The molecule has 3 rings (SSSR count). The number of aromatic nitrogens is 3. The van der Waals surface area contributed by atoms with Crippen molar-refractivity contribution in [2.75, 3.05) is 31.4 Å². The van der Waals surface area contributed by atoms with Gasteiger partial charge in [-0.1, -0.05) is 12.1 Å². The van der Waals surface area contributed by atoms with Gasteiger partial charge in [0.1, 0.15) is 5.69 Å². The summed E-state index contributed by atoms with van der Waals surface area (Å²) < 4.78 is 5.99. The maximum absolute atomic E-state index is 12.4. The van der Waals surface area contributed by atoms with Gasteiger partial charge in [-0.15, -0.1) is 11.3 Å². The molecule has 23 heavy (non-hydrogen) atoms. The van der Waals surface area contributed by atoms with E-state index in [9.17, 15) is 4.79 Å². The minimum absolute atomic E-state index is 0.242. The minimum Gasteiger partial charge on any atom is -0.467 e. The van der Waals surface area contributed by atoms with E-state index in [0.29, 0.717) is 16.5 Å². The van der Waals surface area contributed by atoms with Crippen LogP contribution in [0.15, 0.2) is 30.5 Å². The molecule has 0 unspecified atom stereocenters. The van der Waals surface area contributed by atoms with Gasteiger partial charge >= 0.3 is 6.01 Å². The third kappa shape index (κ3) is 3.07. The molecule has 0 fully saturated rings. The second kappa shape index (κ2) is 6.17. The first-order chi connectivity index (χ1) is 11.1. The van der Waals surface area contributed by atoms with Crippen molar-refractivity contribution in [3.63, 3.8) is 0 Å². The molecule has 0 aliphatic carbocycles. The summed E-state index contributed by atoms with van der Waals surface area (Å²) in [5.74, 6) is 0.273.